The van der Waals surface area contributed by atoms with Gasteiger partial charge in [0, 0.05) is 16.8 Å². The summed E-state index contributed by atoms with van der Waals surface area (Å²) in [4.78, 5) is 32.3. The Morgan fingerprint density at radius 2 is 1.86 bits per heavy atom. The maximum atomic E-state index is 13.4. The Bertz CT molecular complexity index is 1120. The van der Waals surface area contributed by atoms with E-state index in [1.807, 2.05) is 43.3 Å². The third-order valence-corrected chi connectivity index (χ3v) is 5.25. The minimum Gasteiger partial charge on any atom is -0.461 e. The molecule has 2 atom stereocenters. The third-order valence-electron chi connectivity index (χ3n) is 5.25. The molecule has 2 aromatic carbocycles. The van der Waals surface area contributed by atoms with Crippen molar-refractivity contribution in [2.75, 3.05) is 5.32 Å². The van der Waals surface area contributed by atoms with Crippen LogP contribution in [0, 0.1) is 12.8 Å². The van der Waals surface area contributed by atoms with Crippen molar-refractivity contribution < 1.29 is 18.8 Å². The molecule has 0 fully saturated rings. The predicted octanol–water partition coefficient (Wildman–Crippen LogP) is 3.67. The Hall–Kier alpha value is -3.67. The summed E-state index contributed by atoms with van der Waals surface area (Å²) in [7, 11) is 0. The first-order valence-electron chi connectivity index (χ1n) is 8.93. The lowest BCUT2D eigenvalue weighted by atomic mass is 9.75. The summed E-state index contributed by atoms with van der Waals surface area (Å²) in [5, 5.41) is 7.05. The van der Waals surface area contributed by atoms with Crippen LogP contribution in [0.1, 0.15) is 27.2 Å². The van der Waals surface area contributed by atoms with Gasteiger partial charge in [-0.3, -0.25) is 9.59 Å². The lowest BCUT2D eigenvalue weighted by molar-refractivity contribution is -0.140. The standard InChI is InChI=1S/C22H16N2O4/c1-13-8-10-14(11-9-13)19-18(20(25)17-7-4-12-27-17)22(28-24-19)15-5-2-3-6-16(15)23-21(22)26/h2-12,18H,1H3,(H,23,26). The minimum absolute atomic E-state index is 0.159. The molecule has 0 saturated heterocycles. The fourth-order valence-electron chi connectivity index (χ4n) is 3.86. The van der Waals surface area contributed by atoms with E-state index >= 15 is 0 Å². The first-order chi connectivity index (χ1) is 13.6. The van der Waals surface area contributed by atoms with Crippen LogP contribution in [0.3, 0.4) is 0 Å². The summed E-state index contributed by atoms with van der Waals surface area (Å²) in [6, 6.07) is 18.0. The largest absolute Gasteiger partial charge is 0.461 e. The number of benzene rings is 2. The molecule has 2 aliphatic rings. The second kappa shape index (κ2) is 5.92. The van der Waals surface area contributed by atoms with E-state index in [0.717, 1.165) is 11.1 Å². The molecule has 0 aliphatic carbocycles. The van der Waals surface area contributed by atoms with Crippen LogP contribution in [0.4, 0.5) is 5.69 Å². The minimum atomic E-state index is -1.55. The van der Waals surface area contributed by atoms with Crippen LogP contribution in [-0.4, -0.2) is 17.4 Å². The van der Waals surface area contributed by atoms with Crippen molar-refractivity contribution in [2.24, 2.45) is 11.1 Å². The number of Topliss-reactive ketones (excluding diaryl/α,β-unsaturated/α-hetero) is 1. The molecule has 1 N–H and O–H groups in total. The molecule has 138 valence electrons. The van der Waals surface area contributed by atoms with Gasteiger partial charge in [0.25, 0.3) is 11.5 Å². The van der Waals surface area contributed by atoms with Gasteiger partial charge in [-0.2, -0.15) is 0 Å². The van der Waals surface area contributed by atoms with E-state index in [9.17, 15) is 9.59 Å². The molecule has 0 saturated carbocycles. The van der Waals surface area contributed by atoms with Crippen molar-refractivity contribution in [1.82, 2.24) is 0 Å². The highest BCUT2D eigenvalue weighted by Gasteiger charge is 2.63. The smallest absolute Gasteiger partial charge is 0.277 e. The molecular weight excluding hydrogens is 356 g/mol. The van der Waals surface area contributed by atoms with Gasteiger partial charge in [-0.05, 0) is 25.1 Å². The number of carbonyl (C=O) groups excluding carboxylic acids is 2. The van der Waals surface area contributed by atoms with Crippen LogP contribution in [0.2, 0.25) is 0 Å². The number of carbonyl (C=O) groups is 2. The van der Waals surface area contributed by atoms with E-state index in [4.69, 9.17) is 9.25 Å². The Labute approximate surface area is 160 Å². The molecule has 2 unspecified atom stereocenters. The van der Waals surface area contributed by atoms with Crippen LogP contribution < -0.4 is 5.32 Å². The fourth-order valence-corrected chi connectivity index (χ4v) is 3.86. The van der Waals surface area contributed by atoms with Crippen molar-refractivity contribution in [3.05, 3.63) is 89.4 Å². The summed E-state index contributed by atoms with van der Waals surface area (Å²) in [5.74, 6) is -1.57. The van der Waals surface area contributed by atoms with Crippen molar-refractivity contribution in [3.63, 3.8) is 0 Å². The molecule has 1 aromatic heterocycles. The second-order valence-corrected chi connectivity index (χ2v) is 6.94. The zero-order valence-corrected chi connectivity index (χ0v) is 15.0. The first kappa shape index (κ1) is 16.5. The Kier molecular flexibility index (Phi) is 3.49. The lowest BCUT2D eigenvalue weighted by Gasteiger charge is -2.26. The van der Waals surface area contributed by atoms with E-state index in [2.05, 4.69) is 10.5 Å². The SMILES string of the molecule is Cc1ccc(C2=NOC3(C(=O)Nc4ccccc43)C2C(=O)c2ccco2)cc1. The molecule has 5 rings (SSSR count). The number of amides is 1. The molecule has 0 bridgehead atoms. The zero-order valence-electron chi connectivity index (χ0n) is 15.0. The van der Waals surface area contributed by atoms with Gasteiger partial charge in [0.05, 0.1) is 6.26 Å². The Morgan fingerprint density at radius 1 is 1.07 bits per heavy atom. The molecule has 6 heteroatoms. The summed E-state index contributed by atoms with van der Waals surface area (Å²) < 4.78 is 5.35. The molecule has 1 amide bonds. The lowest BCUT2D eigenvalue weighted by Crippen LogP contribution is -2.46. The quantitative estimate of drug-likeness (QED) is 0.712. The number of oxime groups is 1. The highest BCUT2D eigenvalue weighted by atomic mass is 16.7. The molecule has 2 aliphatic heterocycles. The number of rotatable bonds is 3. The summed E-state index contributed by atoms with van der Waals surface area (Å²) in [5.41, 5.74) is 1.87. The molecule has 3 aromatic rings. The van der Waals surface area contributed by atoms with E-state index < -0.39 is 17.4 Å². The van der Waals surface area contributed by atoms with Crippen LogP contribution in [0.25, 0.3) is 0 Å². The third kappa shape index (κ3) is 2.18. The van der Waals surface area contributed by atoms with Gasteiger partial charge in [0.1, 0.15) is 11.6 Å². The number of para-hydroxylation sites is 1. The van der Waals surface area contributed by atoms with E-state index in [0.29, 0.717) is 17.0 Å². The van der Waals surface area contributed by atoms with Gasteiger partial charge in [0.15, 0.2) is 5.76 Å². The van der Waals surface area contributed by atoms with E-state index in [1.165, 1.54) is 6.26 Å². The first-order valence-corrected chi connectivity index (χ1v) is 8.93. The van der Waals surface area contributed by atoms with Crippen LogP contribution in [0.5, 0.6) is 0 Å². The molecule has 28 heavy (non-hydrogen) atoms. The van der Waals surface area contributed by atoms with Crippen molar-refractivity contribution in [1.29, 1.82) is 0 Å². The fraction of sp³-hybridized carbons (Fsp3) is 0.136. The van der Waals surface area contributed by atoms with Crippen molar-refractivity contribution in [2.45, 2.75) is 12.5 Å². The van der Waals surface area contributed by atoms with Gasteiger partial charge in [0.2, 0.25) is 5.78 Å². The predicted molar refractivity (Wildman–Crippen MR) is 102 cm³/mol. The average Bonchev–Trinajstić information content (AvgIpc) is 3.42. The average molecular weight is 372 g/mol. The summed E-state index contributed by atoms with van der Waals surface area (Å²) in [6.07, 6.45) is 1.43. The maximum Gasteiger partial charge on any atom is 0.277 e. The topological polar surface area (TPSA) is 80.9 Å². The molecule has 1 spiro atoms. The number of hydrogen-bond acceptors (Lipinski definition) is 5. The number of nitrogens with zero attached hydrogens (tertiary/aromatic N) is 1. The number of nitrogens with one attached hydrogen (secondary N) is 1. The molecule has 6 nitrogen and oxygen atoms in total. The number of aryl methyl sites for hydroxylation is 1. The van der Waals surface area contributed by atoms with Crippen molar-refractivity contribution in [3.8, 4) is 0 Å². The van der Waals surface area contributed by atoms with Gasteiger partial charge >= 0.3 is 0 Å². The van der Waals surface area contributed by atoms with E-state index in [1.54, 1.807) is 24.3 Å². The number of furan rings is 1. The molecule has 3 heterocycles. The monoisotopic (exact) mass is 372 g/mol. The number of ketones is 1. The van der Waals surface area contributed by atoms with Gasteiger partial charge < -0.3 is 14.6 Å². The van der Waals surface area contributed by atoms with Crippen LogP contribution >= 0.6 is 0 Å². The normalized spacial score (nSPS) is 22.5. The highest BCUT2D eigenvalue weighted by molar-refractivity contribution is 6.24. The number of hydrogen-bond donors (Lipinski definition) is 1. The number of anilines is 1. The Morgan fingerprint density at radius 3 is 2.61 bits per heavy atom. The summed E-state index contributed by atoms with van der Waals surface area (Å²) >= 11 is 0. The second-order valence-electron chi connectivity index (χ2n) is 6.94. The zero-order chi connectivity index (χ0) is 19.3. The van der Waals surface area contributed by atoms with Crippen LogP contribution in [0.15, 0.2) is 76.5 Å². The van der Waals surface area contributed by atoms with E-state index in [-0.39, 0.29) is 11.5 Å². The van der Waals surface area contributed by atoms with Crippen molar-refractivity contribution >= 4 is 23.1 Å². The van der Waals surface area contributed by atoms with Gasteiger partial charge in [-0.1, -0.05) is 53.2 Å². The number of fused-ring (bicyclic) bond motifs is 2. The molecular formula is C22H16N2O4. The van der Waals surface area contributed by atoms with Gasteiger partial charge in [-0.15, -0.1) is 0 Å². The van der Waals surface area contributed by atoms with Gasteiger partial charge in [-0.25, -0.2) is 0 Å². The highest BCUT2D eigenvalue weighted by Crippen LogP contribution is 2.49. The van der Waals surface area contributed by atoms with Crippen LogP contribution in [-0.2, 0) is 15.2 Å². The molecule has 0 radical (unpaired) electrons. The summed E-state index contributed by atoms with van der Waals surface area (Å²) in [6.45, 7) is 1.98. The Balaban J connectivity index is 1.70. The maximum absolute atomic E-state index is 13.4.